The highest BCUT2D eigenvalue weighted by molar-refractivity contribution is 6.29. The fourth-order valence-electron chi connectivity index (χ4n) is 1.45. The topological polar surface area (TPSA) is 83.6 Å². The minimum Gasteiger partial charge on any atom is -0.481 e. The van der Waals surface area contributed by atoms with Crippen molar-refractivity contribution in [3.8, 4) is 0 Å². The number of aliphatic carboxylic acids is 1. The summed E-state index contributed by atoms with van der Waals surface area (Å²) in [7, 11) is 1.58. The van der Waals surface area contributed by atoms with Crippen LogP contribution in [0.25, 0.3) is 0 Å². The number of hydrogen-bond acceptors (Lipinski definition) is 4. The Balaban J connectivity index is 2.43. The van der Waals surface area contributed by atoms with Gasteiger partial charge in [0.1, 0.15) is 0 Å². The number of aromatic nitrogens is 1. The predicted octanol–water partition coefficient (Wildman–Crippen LogP) is 1.50. The van der Waals surface area contributed by atoms with Crippen molar-refractivity contribution in [2.45, 2.75) is 26.2 Å². The summed E-state index contributed by atoms with van der Waals surface area (Å²) in [4.78, 5) is 23.5. The SMILES string of the molecule is Cc1noc(Cl)c1CCC(=O)N(C)CCC(=O)O. The molecule has 0 aliphatic heterocycles. The summed E-state index contributed by atoms with van der Waals surface area (Å²) in [6, 6.07) is 0. The Bertz CT molecular complexity index is 425. The van der Waals surface area contributed by atoms with Gasteiger partial charge in [0.15, 0.2) is 0 Å². The van der Waals surface area contributed by atoms with E-state index in [1.165, 1.54) is 4.90 Å². The molecule has 1 rings (SSSR count). The van der Waals surface area contributed by atoms with Gasteiger partial charge in [-0.25, -0.2) is 0 Å². The smallest absolute Gasteiger partial charge is 0.305 e. The average Bonchev–Trinajstić information content (AvgIpc) is 2.63. The third kappa shape index (κ3) is 4.03. The van der Waals surface area contributed by atoms with Gasteiger partial charge in [-0.05, 0) is 24.9 Å². The number of carboxylic acid groups (broad SMARTS) is 1. The summed E-state index contributed by atoms with van der Waals surface area (Å²) >= 11 is 5.78. The van der Waals surface area contributed by atoms with E-state index in [-0.39, 0.29) is 30.5 Å². The third-order valence-corrected chi connectivity index (χ3v) is 2.91. The lowest BCUT2D eigenvalue weighted by Crippen LogP contribution is -2.29. The molecular weight excluding hydrogens is 260 g/mol. The third-order valence-electron chi connectivity index (χ3n) is 2.61. The first kappa shape index (κ1) is 14.5. The Morgan fingerprint density at radius 3 is 2.61 bits per heavy atom. The maximum Gasteiger partial charge on any atom is 0.305 e. The largest absolute Gasteiger partial charge is 0.481 e. The molecule has 0 spiro atoms. The Morgan fingerprint density at radius 1 is 1.44 bits per heavy atom. The number of halogens is 1. The molecule has 0 saturated carbocycles. The van der Waals surface area contributed by atoms with Gasteiger partial charge in [0.05, 0.1) is 12.1 Å². The molecule has 0 unspecified atom stereocenters. The number of carboxylic acids is 1. The second-order valence-electron chi connectivity index (χ2n) is 3.98. The average molecular weight is 275 g/mol. The van der Waals surface area contributed by atoms with Crippen LogP contribution in [0.4, 0.5) is 0 Å². The molecular formula is C11H15ClN2O4. The number of aryl methyl sites for hydroxylation is 1. The quantitative estimate of drug-likeness (QED) is 0.850. The molecule has 1 N–H and O–H groups in total. The first-order valence-corrected chi connectivity index (χ1v) is 5.86. The van der Waals surface area contributed by atoms with Gasteiger partial charge in [-0.3, -0.25) is 9.59 Å². The van der Waals surface area contributed by atoms with E-state index >= 15 is 0 Å². The van der Waals surface area contributed by atoms with Crippen molar-refractivity contribution in [1.29, 1.82) is 0 Å². The number of amides is 1. The van der Waals surface area contributed by atoms with E-state index in [0.29, 0.717) is 12.1 Å². The molecule has 0 atom stereocenters. The zero-order chi connectivity index (χ0) is 13.7. The molecule has 100 valence electrons. The Kier molecular flexibility index (Phi) is 5.15. The van der Waals surface area contributed by atoms with Crippen LogP contribution in [0.2, 0.25) is 5.22 Å². The highest BCUT2D eigenvalue weighted by Crippen LogP contribution is 2.20. The zero-order valence-corrected chi connectivity index (χ0v) is 11.0. The molecule has 7 heteroatoms. The second kappa shape index (κ2) is 6.39. The first-order chi connectivity index (χ1) is 8.41. The van der Waals surface area contributed by atoms with E-state index in [0.717, 1.165) is 5.56 Å². The number of nitrogens with zero attached hydrogens (tertiary/aromatic N) is 2. The molecule has 1 aromatic rings. The van der Waals surface area contributed by atoms with Gasteiger partial charge in [-0.15, -0.1) is 0 Å². The Morgan fingerprint density at radius 2 is 2.11 bits per heavy atom. The molecule has 1 aromatic heterocycles. The van der Waals surface area contributed by atoms with E-state index in [4.69, 9.17) is 21.2 Å². The van der Waals surface area contributed by atoms with Crippen molar-refractivity contribution in [3.63, 3.8) is 0 Å². The van der Waals surface area contributed by atoms with Crippen LogP contribution in [-0.2, 0) is 16.0 Å². The standard InChI is InChI=1S/C11H15ClN2O4/c1-7-8(11(12)18-13-7)3-4-9(15)14(2)6-5-10(16)17/h3-6H2,1-2H3,(H,16,17). The van der Waals surface area contributed by atoms with Crippen molar-refractivity contribution in [2.75, 3.05) is 13.6 Å². The fraction of sp³-hybridized carbons (Fsp3) is 0.545. The first-order valence-electron chi connectivity index (χ1n) is 5.48. The monoisotopic (exact) mass is 274 g/mol. The predicted molar refractivity (Wildman–Crippen MR) is 64.5 cm³/mol. The number of carbonyl (C=O) groups is 2. The summed E-state index contributed by atoms with van der Waals surface area (Å²) in [5.74, 6) is -1.06. The van der Waals surface area contributed by atoms with Gasteiger partial charge in [0.2, 0.25) is 11.1 Å². The van der Waals surface area contributed by atoms with Crippen molar-refractivity contribution < 1.29 is 19.2 Å². The van der Waals surface area contributed by atoms with E-state index in [1.54, 1.807) is 14.0 Å². The minimum absolute atomic E-state index is 0.0602. The van der Waals surface area contributed by atoms with E-state index in [1.807, 2.05) is 0 Å². The fourth-order valence-corrected chi connectivity index (χ4v) is 1.72. The van der Waals surface area contributed by atoms with Crippen molar-refractivity contribution in [1.82, 2.24) is 10.1 Å². The molecule has 0 saturated heterocycles. The van der Waals surface area contributed by atoms with Crippen LogP contribution in [0.5, 0.6) is 0 Å². The van der Waals surface area contributed by atoms with Gasteiger partial charge in [0, 0.05) is 25.6 Å². The van der Waals surface area contributed by atoms with Gasteiger partial charge in [-0.1, -0.05) is 5.16 Å². The molecule has 0 aliphatic carbocycles. The molecule has 0 bridgehead atoms. The molecule has 1 heterocycles. The highest BCUT2D eigenvalue weighted by atomic mass is 35.5. The van der Waals surface area contributed by atoms with Crippen LogP contribution in [0, 0.1) is 6.92 Å². The summed E-state index contributed by atoms with van der Waals surface area (Å²) in [5, 5.41) is 12.4. The number of carbonyl (C=O) groups excluding carboxylic acids is 1. The van der Waals surface area contributed by atoms with Crippen LogP contribution in [0.3, 0.4) is 0 Å². The molecule has 0 radical (unpaired) electrons. The lowest BCUT2D eigenvalue weighted by Gasteiger charge is -2.15. The van der Waals surface area contributed by atoms with Crippen molar-refractivity contribution >= 4 is 23.5 Å². The van der Waals surface area contributed by atoms with Gasteiger partial charge >= 0.3 is 5.97 Å². The summed E-state index contributed by atoms with van der Waals surface area (Å²) in [6.45, 7) is 1.95. The maximum absolute atomic E-state index is 11.7. The Labute approximate surface area is 109 Å². The minimum atomic E-state index is -0.924. The van der Waals surface area contributed by atoms with Crippen molar-refractivity contribution in [2.24, 2.45) is 0 Å². The molecule has 0 aromatic carbocycles. The maximum atomic E-state index is 11.7. The van der Waals surface area contributed by atoms with Crippen LogP contribution in [0.1, 0.15) is 24.1 Å². The molecule has 6 nitrogen and oxygen atoms in total. The van der Waals surface area contributed by atoms with Gasteiger partial charge in [-0.2, -0.15) is 0 Å². The van der Waals surface area contributed by atoms with Crippen LogP contribution in [0.15, 0.2) is 4.52 Å². The Hall–Kier alpha value is -1.56. The molecule has 0 fully saturated rings. The van der Waals surface area contributed by atoms with Crippen molar-refractivity contribution in [3.05, 3.63) is 16.5 Å². The number of hydrogen-bond donors (Lipinski definition) is 1. The van der Waals surface area contributed by atoms with Crippen LogP contribution < -0.4 is 0 Å². The summed E-state index contributed by atoms with van der Waals surface area (Å²) in [5.41, 5.74) is 1.39. The van der Waals surface area contributed by atoms with Crippen LogP contribution in [-0.4, -0.2) is 40.6 Å². The molecule has 18 heavy (non-hydrogen) atoms. The lowest BCUT2D eigenvalue weighted by molar-refractivity contribution is -0.138. The van der Waals surface area contributed by atoms with E-state index < -0.39 is 5.97 Å². The van der Waals surface area contributed by atoms with Crippen LogP contribution >= 0.6 is 11.6 Å². The molecule has 0 aliphatic rings. The zero-order valence-electron chi connectivity index (χ0n) is 10.3. The normalized spacial score (nSPS) is 10.4. The van der Waals surface area contributed by atoms with Gasteiger partial charge < -0.3 is 14.5 Å². The lowest BCUT2D eigenvalue weighted by atomic mass is 10.1. The summed E-state index contributed by atoms with van der Waals surface area (Å²) < 4.78 is 4.78. The van der Waals surface area contributed by atoms with E-state index in [2.05, 4.69) is 5.16 Å². The highest BCUT2D eigenvalue weighted by Gasteiger charge is 2.15. The second-order valence-corrected chi connectivity index (χ2v) is 4.32. The molecule has 1 amide bonds. The number of rotatable bonds is 6. The van der Waals surface area contributed by atoms with E-state index in [9.17, 15) is 9.59 Å². The van der Waals surface area contributed by atoms with Gasteiger partial charge in [0.25, 0.3) is 0 Å². The summed E-state index contributed by atoms with van der Waals surface area (Å²) in [6.07, 6.45) is 0.623.